The topological polar surface area (TPSA) is 81.1 Å². The second-order valence-electron chi connectivity index (χ2n) is 3.94. The second-order valence-corrected chi connectivity index (χ2v) is 5.21. The number of rotatable bonds is 5. The van der Waals surface area contributed by atoms with Gasteiger partial charge in [0.15, 0.2) is 0 Å². The lowest BCUT2D eigenvalue weighted by molar-refractivity contribution is 0.0954. The van der Waals surface area contributed by atoms with Crippen molar-refractivity contribution in [2.75, 3.05) is 24.3 Å². The van der Waals surface area contributed by atoms with E-state index >= 15 is 0 Å². The van der Waals surface area contributed by atoms with Crippen LogP contribution >= 0.6 is 11.8 Å². The molecule has 0 radical (unpaired) electrons. The fraction of sp³-hybridized carbons (Fsp3) is 0.417. The Kier molecular flexibility index (Phi) is 5.15. The molecular weight excluding hydrogens is 234 g/mol. The molecule has 94 valence electrons. The molecule has 5 N–H and O–H groups in total. The van der Waals surface area contributed by atoms with Gasteiger partial charge in [-0.1, -0.05) is 6.92 Å². The van der Waals surface area contributed by atoms with E-state index in [1.165, 1.54) is 0 Å². The van der Waals surface area contributed by atoms with Crippen molar-refractivity contribution in [2.45, 2.75) is 18.6 Å². The zero-order valence-electron chi connectivity index (χ0n) is 10.2. The largest absolute Gasteiger partial charge is 0.399 e. The lowest BCUT2D eigenvalue weighted by Crippen LogP contribution is -2.26. The molecule has 1 rings (SSSR count). The van der Waals surface area contributed by atoms with Crippen molar-refractivity contribution in [3.05, 3.63) is 23.8 Å². The first kappa shape index (κ1) is 13.7. The van der Waals surface area contributed by atoms with Crippen LogP contribution in [-0.2, 0) is 0 Å². The van der Waals surface area contributed by atoms with E-state index in [9.17, 15) is 4.79 Å². The summed E-state index contributed by atoms with van der Waals surface area (Å²) in [6, 6.07) is 4.92. The maximum atomic E-state index is 11.8. The molecule has 0 saturated carbocycles. The number of hydrogen-bond acceptors (Lipinski definition) is 4. The maximum absolute atomic E-state index is 11.8. The van der Waals surface area contributed by atoms with E-state index < -0.39 is 0 Å². The molecular formula is C12H19N3OS. The van der Waals surface area contributed by atoms with Crippen molar-refractivity contribution in [3.63, 3.8) is 0 Å². The summed E-state index contributed by atoms with van der Waals surface area (Å²) in [6.45, 7) is 2.79. The van der Waals surface area contributed by atoms with E-state index in [0.29, 0.717) is 28.7 Å². The first-order valence-corrected chi connectivity index (χ1v) is 6.79. The monoisotopic (exact) mass is 253 g/mol. The van der Waals surface area contributed by atoms with Crippen molar-refractivity contribution < 1.29 is 4.79 Å². The molecule has 4 nitrogen and oxygen atoms in total. The zero-order valence-corrected chi connectivity index (χ0v) is 11.0. The Morgan fingerprint density at radius 3 is 2.76 bits per heavy atom. The summed E-state index contributed by atoms with van der Waals surface area (Å²) in [5, 5.41) is 3.39. The summed E-state index contributed by atoms with van der Waals surface area (Å²) in [7, 11) is 0. The van der Waals surface area contributed by atoms with E-state index in [1.54, 1.807) is 30.0 Å². The van der Waals surface area contributed by atoms with E-state index in [4.69, 9.17) is 11.5 Å². The van der Waals surface area contributed by atoms with Crippen LogP contribution in [0.2, 0.25) is 0 Å². The minimum Gasteiger partial charge on any atom is -0.399 e. The molecule has 0 fully saturated rings. The van der Waals surface area contributed by atoms with Gasteiger partial charge in [-0.3, -0.25) is 4.79 Å². The van der Waals surface area contributed by atoms with Gasteiger partial charge in [-0.05, 0) is 30.9 Å². The van der Waals surface area contributed by atoms with Gasteiger partial charge in [0.1, 0.15) is 0 Å². The Hall–Kier alpha value is -1.36. The predicted molar refractivity (Wildman–Crippen MR) is 75.2 cm³/mol. The van der Waals surface area contributed by atoms with Crippen LogP contribution in [0.3, 0.4) is 0 Å². The molecule has 1 aromatic rings. The van der Waals surface area contributed by atoms with Gasteiger partial charge in [0.05, 0.1) is 5.56 Å². The Labute approximate surface area is 106 Å². The fourth-order valence-corrected chi connectivity index (χ4v) is 1.74. The molecule has 0 saturated heterocycles. The number of thioether (sulfide) groups is 1. The third-order valence-corrected chi connectivity index (χ3v) is 3.60. The summed E-state index contributed by atoms with van der Waals surface area (Å²) in [4.78, 5) is 11.8. The molecule has 5 heteroatoms. The van der Waals surface area contributed by atoms with E-state index in [1.807, 2.05) is 0 Å². The van der Waals surface area contributed by atoms with Crippen LogP contribution < -0.4 is 16.8 Å². The summed E-state index contributed by atoms with van der Waals surface area (Å²) in [5.74, 6) is -0.143. The number of nitrogens with two attached hydrogens (primary N) is 2. The van der Waals surface area contributed by atoms with E-state index in [0.717, 1.165) is 6.42 Å². The summed E-state index contributed by atoms with van der Waals surface area (Å²) in [6.07, 6.45) is 3.01. The number of carbonyl (C=O) groups excluding carboxylic acids is 1. The van der Waals surface area contributed by atoms with E-state index in [2.05, 4.69) is 18.5 Å². The van der Waals surface area contributed by atoms with Gasteiger partial charge in [-0.2, -0.15) is 11.8 Å². The lowest BCUT2D eigenvalue weighted by Gasteiger charge is -2.10. The second kappa shape index (κ2) is 6.39. The number of carbonyl (C=O) groups is 1. The molecule has 0 aliphatic carbocycles. The fourth-order valence-electron chi connectivity index (χ4n) is 1.39. The number of amides is 1. The normalized spacial score (nSPS) is 12.1. The molecule has 0 heterocycles. The Morgan fingerprint density at radius 1 is 1.47 bits per heavy atom. The summed E-state index contributed by atoms with van der Waals surface area (Å²) < 4.78 is 0. The smallest absolute Gasteiger partial charge is 0.253 e. The number of hydrogen-bond donors (Lipinski definition) is 3. The number of benzene rings is 1. The highest BCUT2D eigenvalue weighted by molar-refractivity contribution is 7.99. The van der Waals surface area contributed by atoms with Gasteiger partial charge >= 0.3 is 0 Å². The van der Waals surface area contributed by atoms with Crippen LogP contribution in [0.25, 0.3) is 0 Å². The van der Waals surface area contributed by atoms with Crippen molar-refractivity contribution in [3.8, 4) is 0 Å². The summed E-state index contributed by atoms with van der Waals surface area (Å²) >= 11 is 1.78. The molecule has 0 bridgehead atoms. The van der Waals surface area contributed by atoms with Crippen LogP contribution in [0.15, 0.2) is 18.2 Å². The Morgan fingerprint density at radius 2 is 2.18 bits per heavy atom. The minimum absolute atomic E-state index is 0.143. The zero-order chi connectivity index (χ0) is 12.8. The van der Waals surface area contributed by atoms with Gasteiger partial charge < -0.3 is 16.8 Å². The highest BCUT2D eigenvalue weighted by atomic mass is 32.2. The average Bonchev–Trinajstić information content (AvgIpc) is 2.28. The van der Waals surface area contributed by atoms with Crippen LogP contribution in [-0.4, -0.2) is 24.0 Å². The molecule has 1 atom stereocenters. The SMILES string of the molecule is CSC(C)CCNC(=O)c1ccc(N)cc1N. The molecule has 0 aromatic heterocycles. The first-order chi connectivity index (χ1) is 8.04. The molecule has 1 unspecified atom stereocenters. The molecule has 0 aliphatic rings. The minimum atomic E-state index is -0.143. The predicted octanol–water partition coefficient (Wildman–Crippen LogP) is 1.72. The highest BCUT2D eigenvalue weighted by Gasteiger charge is 2.09. The number of anilines is 2. The third-order valence-electron chi connectivity index (χ3n) is 2.56. The van der Waals surface area contributed by atoms with Crippen molar-refractivity contribution in [1.29, 1.82) is 0 Å². The standard InChI is InChI=1S/C12H19N3OS/c1-8(17-2)5-6-15-12(16)10-4-3-9(13)7-11(10)14/h3-4,7-8H,5-6,13-14H2,1-2H3,(H,15,16). The molecule has 17 heavy (non-hydrogen) atoms. The Balaban J connectivity index is 2.52. The maximum Gasteiger partial charge on any atom is 0.253 e. The van der Waals surface area contributed by atoms with Gasteiger partial charge in [0.25, 0.3) is 5.91 Å². The van der Waals surface area contributed by atoms with Crippen LogP contribution in [0.4, 0.5) is 11.4 Å². The van der Waals surface area contributed by atoms with Crippen molar-refractivity contribution in [1.82, 2.24) is 5.32 Å². The van der Waals surface area contributed by atoms with Crippen molar-refractivity contribution >= 4 is 29.0 Å². The molecule has 0 spiro atoms. The molecule has 1 aromatic carbocycles. The summed E-state index contributed by atoms with van der Waals surface area (Å²) in [5.41, 5.74) is 12.8. The van der Waals surface area contributed by atoms with Gasteiger partial charge in [-0.15, -0.1) is 0 Å². The van der Waals surface area contributed by atoms with Crippen LogP contribution in [0.1, 0.15) is 23.7 Å². The molecule has 1 amide bonds. The molecule has 0 aliphatic heterocycles. The average molecular weight is 253 g/mol. The third kappa shape index (κ3) is 4.19. The first-order valence-electron chi connectivity index (χ1n) is 5.50. The Bertz CT molecular complexity index is 395. The van der Waals surface area contributed by atoms with Crippen LogP contribution in [0, 0.1) is 0 Å². The van der Waals surface area contributed by atoms with Crippen molar-refractivity contribution in [2.24, 2.45) is 0 Å². The highest BCUT2D eigenvalue weighted by Crippen LogP contribution is 2.15. The van der Waals surface area contributed by atoms with Crippen LogP contribution in [0.5, 0.6) is 0 Å². The van der Waals surface area contributed by atoms with Gasteiger partial charge in [-0.25, -0.2) is 0 Å². The lowest BCUT2D eigenvalue weighted by atomic mass is 10.1. The number of nitrogen functional groups attached to an aromatic ring is 2. The van der Waals surface area contributed by atoms with Gasteiger partial charge in [0, 0.05) is 23.2 Å². The quantitative estimate of drug-likeness (QED) is 0.698. The number of nitrogens with one attached hydrogen (secondary N) is 1. The van der Waals surface area contributed by atoms with E-state index in [-0.39, 0.29) is 5.91 Å². The van der Waals surface area contributed by atoms with Gasteiger partial charge in [0.2, 0.25) is 0 Å².